The van der Waals surface area contributed by atoms with E-state index >= 15 is 0 Å². The van der Waals surface area contributed by atoms with Crippen LogP contribution >= 0.6 is 0 Å². The summed E-state index contributed by atoms with van der Waals surface area (Å²) in [6.45, 7) is 1.80. The van der Waals surface area contributed by atoms with Crippen molar-refractivity contribution < 1.29 is 9.59 Å². The van der Waals surface area contributed by atoms with Gasteiger partial charge in [0.1, 0.15) is 11.5 Å². The van der Waals surface area contributed by atoms with Crippen molar-refractivity contribution in [3.05, 3.63) is 82.4 Å². The Balaban J connectivity index is 1.57. The first-order chi connectivity index (χ1) is 17.3. The molecule has 11 nitrogen and oxygen atoms in total. The van der Waals surface area contributed by atoms with Crippen LogP contribution in [0, 0.1) is 6.92 Å². The van der Waals surface area contributed by atoms with E-state index in [1.165, 1.54) is 29.7 Å². The molecule has 5 rings (SSSR count). The number of aromatic nitrogens is 4. The third kappa shape index (κ3) is 4.14. The van der Waals surface area contributed by atoms with Crippen LogP contribution in [-0.4, -0.2) is 55.2 Å². The number of benzene rings is 1. The summed E-state index contributed by atoms with van der Waals surface area (Å²) >= 11 is 0. The zero-order chi connectivity index (χ0) is 25.6. The van der Waals surface area contributed by atoms with Crippen molar-refractivity contribution in [1.82, 2.24) is 34.5 Å². The number of nitrogens with zero attached hydrogens (tertiary/aromatic N) is 6. The average Bonchev–Trinajstić information content (AvgIpc) is 3.60. The fourth-order valence-corrected chi connectivity index (χ4v) is 4.23. The van der Waals surface area contributed by atoms with Gasteiger partial charge in [0.05, 0.1) is 12.0 Å². The minimum absolute atomic E-state index is 0.0176. The number of urea groups is 1. The van der Waals surface area contributed by atoms with E-state index in [2.05, 4.69) is 9.97 Å². The number of hydrogen-bond donors (Lipinski definition) is 2. The molecule has 11 heteroatoms. The molecule has 0 spiro atoms. The topological polar surface area (TPSA) is 131 Å². The number of nitrogens with two attached hydrogens (primary N) is 1. The standard InChI is InChI=1S/C25H26N8O3/c1-15-11-17-9-10-18(31-13-21(27-14-31)16-7-8-16)12-19(17)23(34)32(15)22-6-4-5-20(28-22)24(35)33(30(2)3)25(36)29-26/h4-6,9-14,16H,7-8,26H2,1-3H3,(H,29,36). The molecule has 0 atom stereocenters. The van der Waals surface area contributed by atoms with Gasteiger partial charge in [-0.15, -0.1) is 0 Å². The van der Waals surface area contributed by atoms with Gasteiger partial charge in [0, 0.05) is 43.0 Å². The number of pyridine rings is 2. The number of carbonyl (C=O) groups excluding carboxylic acids is 2. The van der Waals surface area contributed by atoms with Crippen molar-refractivity contribution in [2.24, 2.45) is 5.84 Å². The van der Waals surface area contributed by atoms with Crippen molar-refractivity contribution in [3.63, 3.8) is 0 Å². The molecule has 1 aliphatic carbocycles. The minimum Gasteiger partial charge on any atom is -0.306 e. The summed E-state index contributed by atoms with van der Waals surface area (Å²) in [5.74, 6) is 5.33. The lowest BCUT2D eigenvalue weighted by atomic mass is 10.1. The van der Waals surface area contributed by atoms with Crippen LogP contribution in [0.2, 0.25) is 0 Å². The molecule has 0 aliphatic heterocycles. The third-order valence-corrected chi connectivity index (χ3v) is 6.17. The SMILES string of the molecule is Cc1cc2ccc(-n3cnc(C4CC4)c3)cc2c(=O)n1-c1cccc(C(=O)N(C(=O)NN)N(C)C)n1. The molecule has 0 unspecified atom stereocenters. The van der Waals surface area contributed by atoms with E-state index in [4.69, 9.17) is 5.84 Å². The Hall–Kier alpha value is -4.35. The number of carbonyl (C=O) groups is 2. The summed E-state index contributed by atoms with van der Waals surface area (Å²) in [4.78, 5) is 47.7. The monoisotopic (exact) mass is 486 g/mol. The largest absolute Gasteiger partial charge is 0.353 e. The molecule has 1 aromatic carbocycles. The van der Waals surface area contributed by atoms with Crippen molar-refractivity contribution in [2.45, 2.75) is 25.7 Å². The number of imide groups is 1. The molecule has 3 aromatic heterocycles. The second-order valence-electron chi connectivity index (χ2n) is 8.97. The molecular weight excluding hydrogens is 460 g/mol. The Morgan fingerprint density at radius 3 is 2.61 bits per heavy atom. The van der Waals surface area contributed by atoms with Crippen LogP contribution in [0.25, 0.3) is 22.3 Å². The summed E-state index contributed by atoms with van der Waals surface area (Å²) < 4.78 is 3.38. The number of fused-ring (bicyclic) bond motifs is 1. The Morgan fingerprint density at radius 1 is 1.14 bits per heavy atom. The summed E-state index contributed by atoms with van der Waals surface area (Å²) in [5.41, 5.74) is 4.21. The first-order valence-electron chi connectivity index (χ1n) is 11.5. The minimum atomic E-state index is -0.812. The lowest BCUT2D eigenvalue weighted by Gasteiger charge is -2.25. The van der Waals surface area contributed by atoms with Gasteiger partial charge in [-0.05, 0) is 55.5 Å². The van der Waals surface area contributed by atoms with E-state index in [9.17, 15) is 14.4 Å². The van der Waals surface area contributed by atoms with E-state index < -0.39 is 11.9 Å². The molecular formula is C25H26N8O3. The van der Waals surface area contributed by atoms with Gasteiger partial charge in [0.2, 0.25) is 0 Å². The Labute approximate surface area is 206 Å². The molecule has 0 bridgehead atoms. The summed E-state index contributed by atoms with van der Waals surface area (Å²) in [5, 5.41) is 3.41. The number of imidazole rings is 1. The number of hydrogen-bond acceptors (Lipinski definition) is 7. The molecule has 1 fully saturated rings. The van der Waals surface area contributed by atoms with Crippen LogP contribution in [0.5, 0.6) is 0 Å². The average molecular weight is 487 g/mol. The Morgan fingerprint density at radius 2 is 1.92 bits per heavy atom. The van der Waals surface area contributed by atoms with Crippen molar-refractivity contribution in [2.75, 3.05) is 14.1 Å². The number of rotatable bonds is 5. The maximum absolute atomic E-state index is 13.6. The van der Waals surface area contributed by atoms with Gasteiger partial charge in [-0.1, -0.05) is 12.1 Å². The van der Waals surface area contributed by atoms with E-state index in [0.29, 0.717) is 17.0 Å². The zero-order valence-electron chi connectivity index (χ0n) is 20.2. The molecule has 3 heterocycles. The van der Waals surface area contributed by atoms with Gasteiger partial charge >= 0.3 is 6.03 Å². The highest BCUT2D eigenvalue weighted by atomic mass is 16.2. The molecule has 1 saturated carbocycles. The highest BCUT2D eigenvalue weighted by Crippen LogP contribution is 2.39. The van der Waals surface area contributed by atoms with Crippen LogP contribution in [-0.2, 0) is 0 Å². The van der Waals surface area contributed by atoms with E-state index in [0.717, 1.165) is 34.6 Å². The molecule has 36 heavy (non-hydrogen) atoms. The normalized spacial score (nSPS) is 13.2. The van der Waals surface area contributed by atoms with Crippen molar-refractivity contribution >= 4 is 22.7 Å². The van der Waals surface area contributed by atoms with Crippen LogP contribution in [0.15, 0.2) is 59.8 Å². The Bertz CT molecular complexity index is 1550. The van der Waals surface area contributed by atoms with Gasteiger partial charge in [-0.2, -0.15) is 5.01 Å². The highest BCUT2D eigenvalue weighted by Gasteiger charge is 2.27. The van der Waals surface area contributed by atoms with Crippen molar-refractivity contribution in [3.8, 4) is 11.5 Å². The number of nitrogens with one attached hydrogen (secondary N) is 1. The smallest absolute Gasteiger partial charge is 0.306 e. The van der Waals surface area contributed by atoms with E-state index in [-0.39, 0.29) is 17.1 Å². The van der Waals surface area contributed by atoms with E-state index in [1.54, 1.807) is 25.4 Å². The fourth-order valence-electron chi connectivity index (χ4n) is 4.23. The van der Waals surface area contributed by atoms with Crippen LogP contribution < -0.4 is 16.8 Å². The van der Waals surface area contributed by atoms with Gasteiger partial charge < -0.3 is 4.57 Å². The molecule has 3 N–H and O–H groups in total. The predicted octanol–water partition coefficient (Wildman–Crippen LogP) is 2.26. The number of aryl methyl sites for hydroxylation is 1. The van der Waals surface area contributed by atoms with Gasteiger partial charge in [0.25, 0.3) is 11.5 Å². The summed E-state index contributed by atoms with van der Waals surface area (Å²) in [7, 11) is 3.06. The molecule has 3 amide bonds. The van der Waals surface area contributed by atoms with Crippen molar-refractivity contribution in [1.29, 1.82) is 0 Å². The Kier molecular flexibility index (Phi) is 5.86. The maximum Gasteiger partial charge on any atom is 0.353 e. The summed E-state index contributed by atoms with van der Waals surface area (Å²) in [6, 6.07) is 11.5. The second-order valence-corrected chi connectivity index (χ2v) is 8.97. The predicted molar refractivity (Wildman–Crippen MR) is 134 cm³/mol. The van der Waals surface area contributed by atoms with Crippen LogP contribution in [0.1, 0.15) is 40.6 Å². The lowest BCUT2D eigenvalue weighted by molar-refractivity contribution is 0.0387. The molecule has 0 saturated heterocycles. The van der Waals surface area contributed by atoms with Gasteiger partial charge in [0.15, 0.2) is 0 Å². The van der Waals surface area contributed by atoms with E-state index in [1.807, 2.05) is 40.5 Å². The molecule has 1 aliphatic rings. The molecule has 4 aromatic rings. The highest BCUT2D eigenvalue weighted by molar-refractivity contribution is 6.02. The van der Waals surface area contributed by atoms with Gasteiger partial charge in [-0.3, -0.25) is 19.6 Å². The third-order valence-electron chi connectivity index (χ3n) is 6.17. The van der Waals surface area contributed by atoms with Crippen LogP contribution in [0.3, 0.4) is 0 Å². The first-order valence-corrected chi connectivity index (χ1v) is 11.5. The van der Waals surface area contributed by atoms with Crippen LogP contribution in [0.4, 0.5) is 4.79 Å². The zero-order valence-corrected chi connectivity index (χ0v) is 20.2. The molecule has 0 radical (unpaired) electrons. The van der Waals surface area contributed by atoms with Gasteiger partial charge in [-0.25, -0.2) is 25.6 Å². The number of hydrazine groups is 2. The maximum atomic E-state index is 13.6. The quantitative estimate of drug-likeness (QED) is 0.251. The summed E-state index contributed by atoms with van der Waals surface area (Å²) in [6.07, 6.45) is 6.11. The number of amides is 3. The fraction of sp³-hybridized carbons (Fsp3) is 0.240. The second kappa shape index (κ2) is 9.02. The lowest BCUT2D eigenvalue weighted by Crippen LogP contribution is -2.52. The first kappa shape index (κ1) is 23.4. The molecule has 184 valence electrons.